The second kappa shape index (κ2) is 7.59. The maximum atomic E-state index is 12.8. The fourth-order valence-corrected chi connectivity index (χ4v) is 4.23. The first-order valence-corrected chi connectivity index (χ1v) is 10.0. The van der Waals surface area contributed by atoms with E-state index in [1.807, 2.05) is 66.9 Å². The van der Waals surface area contributed by atoms with Crippen molar-refractivity contribution in [3.8, 4) is 10.6 Å². The van der Waals surface area contributed by atoms with Crippen molar-refractivity contribution >= 4 is 39.7 Å². The van der Waals surface area contributed by atoms with Crippen LogP contribution in [0.15, 0.2) is 72.1 Å². The Morgan fingerprint density at radius 1 is 1.11 bits per heavy atom. The van der Waals surface area contributed by atoms with Crippen molar-refractivity contribution in [1.82, 2.24) is 9.88 Å². The summed E-state index contributed by atoms with van der Waals surface area (Å²) in [5.74, 6) is -0.0170. The largest absolute Gasteiger partial charge is 0.348 e. The highest BCUT2D eigenvalue weighted by Crippen LogP contribution is 2.32. The van der Waals surface area contributed by atoms with Gasteiger partial charge in [0.25, 0.3) is 0 Å². The Balaban J connectivity index is 1.64. The van der Waals surface area contributed by atoms with Gasteiger partial charge in [-0.3, -0.25) is 4.79 Å². The van der Waals surface area contributed by atoms with Crippen LogP contribution >= 0.6 is 22.9 Å². The molecular weight excluding hydrogens is 376 g/mol. The second-order valence-corrected chi connectivity index (χ2v) is 7.88. The monoisotopic (exact) mass is 394 g/mol. The zero-order valence-electron chi connectivity index (χ0n) is 14.9. The Morgan fingerprint density at radius 3 is 2.67 bits per heavy atom. The SMILES string of the molecule is C[C@H](NC(=O)Cn1c(-c2cccs2)cc2cc(Cl)ccc21)c1ccccc1. The van der Waals surface area contributed by atoms with Gasteiger partial charge >= 0.3 is 0 Å². The van der Waals surface area contributed by atoms with Crippen LogP contribution in [0.2, 0.25) is 5.02 Å². The van der Waals surface area contributed by atoms with Gasteiger partial charge in [-0.2, -0.15) is 0 Å². The van der Waals surface area contributed by atoms with Crippen LogP contribution in [0.25, 0.3) is 21.5 Å². The molecule has 0 bridgehead atoms. The summed E-state index contributed by atoms with van der Waals surface area (Å²) in [4.78, 5) is 13.9. The predicted molar refractivity (Wildman–Crippen MR) is 113 cm³/mol. The van der Waals surface area contributed by atoms with E-state index in [2.05, 4.69) is 22.0 Å². The molecule has 1 amide bonds. The molecule has 1 N–H and O–H groups in total. The highest BCUT2D eigenvalue weighted by atomic mass is 35.5. The molecule has 4 rings (SSSR count). The van der Waals surface area contributed by atoms with Crippen molar-refractivity contribution in [1.29, 1.82) is 0 Å². The zero-order chi connectivity index (χ0) is 18.8. The molecule has 1 atom stereocenters. The van der Waals surface area contributed by atoms with E-state index in [4.69, 9.17) is 11.6 Å². The maximum absolute atomic E-state index is 12.8. The smallest absolute Gasteiger partial charge is 0.240 e. The highest BCUT2D eigenvalue weighted by Gasteiger charge is 2.16. The molecule has 0 radical (unpaired) electrons. The summed E-state index contributed by atoms with van der Waals surface area (Å²) >= 11 is 7.82. The number of thiophene rings is 1. The number of hydrogen-bond donors (Lipinski definition) is 1. The van der Waals surface area contributed by atoms with Crippen LogP contribution in [0.5, 0.6) is 0 Å². The molecule has 0 unspecified atom stereocenters. The Morgan fingerprint density at radius 2 is 1.93 bits per heavy atom. The third kappa shape index (κ3) is 3.77. The summed E-state index contributed by atoms with van der Waals surface area (Å²) in [6.45, 7) is 2.26. The number of nitrogens with one attached hydrogen (secondary N) is 1. The zero-order valence-corrected chi connectivity index (χ0v) is 16.4. The van der Waals surface area contributed by atoms with Crippen LogP contribution in [0, 0.1) is 0 Å². The fourth-order valence-electron chi connectivity index (χ4n) is 3.30. The minimum Gasteiger partial charge on any atom is -0.348 e. The van der Waals surface area contributed by atoms with E-state index in [1.165, 1.54) is 0 Å². The number of halogens is 1. The highest BCUT2D eigenvalue weighted by molar-refractivity contribution is 7.13. The number of aromatic nitrogens is 1. The van der Waals surface area contributed by atoms with Crippen LogP contribution in [0.4, 0.5) is 0 Å². The minimum absolute atomic E-state index is 0.0170. The lowest BCUT2D eigenvalue weighted by Crippen LogP contribution is -2.30. The fraction of sp³-hybridized carbons (Fsp3) is 0.136. The molecule has 2 heterocycles. The lowest BCUT2D eigenvalue weighted by molar-refractivity contribution is -0.122. The quantitative estimate of drug-likeness (QED) is 0.449. The number of carbonyl (C=O) groups is 1. The second-order valence-electron chi connectivity index (χ2n) is 6.50. The number of nitrogens with zero attached hydrogens (tertiary/aromatic N) is 1. The Kier molecular flexibility index (Phi) is 5.01. The first kappa shape index (κ1) is 17.8. The van der Waals surface area contributed by atoms with E-state index < -0.39 is 0 Å². The molecule has 0 saturated carbocycles. The summed E-state index contributed by atoms with van der Waals surface area (Å²) in [5, 5.41) is 6.88. The van der Waals surface area contributed by atoms with E-state index in [0.717, 1.165) is 27.0 Å². The number of amides is 1. The number of benzene rings is 2. The lowest BCUT2D eigenvalue weighted by Gasteiger charge is -2.16. The van der Waals surface area contributed by atoms with Gasteiger partial charge in [-0.1, -0.05) is 48.0 Å². The van der Waals surface area contributed by atoms with Crippen molar-refractivity contribution in [3.63, 3.8) is 0 Å². The molecular formula is C22H19ClN2OS. The molecule has 4 aromatic rings. The predicted octanol–water partition coefficient (Wildman–Crippen LogP) is 5.90. The minimum atomic E-state index is -0.0415. The summed E-state index contributed by atoms with van der Waals surface area (Å²) in [7, 11) is 0. The topological polar surface area (TPSA) is 34.0 Å². The molecule has 5 heteroatoms. The van der Waals surface area contributed by atoms with E-state index >= 15 is 0 Å². The van der Waals surface area contributed by atoms with Crippen molar-refractivity contribution in [3.05, 3.63) is 82.7 Å². The van der Waals surface area contributed by atoms with Crippen LogP contribution < -0.4 is 5.32 Å². The molecule has 0 spiro atoms. The lowest BCUT2D eigenvalue weighted by atomic mass is 10.1. The van der Waals surface area contributed by atoms with E-state index in [1.54, 1.807) is 11.3 Å². The molecule has 0 aliphatic rings. The van der Waals surface area contributed by atoms with Crippen molar-refractivity contribution in [2.45, 2.75) is 19.5 Å². The molecule has 0 aliphatic carbocycles. The Labute approximate surface area is 167 Å². The van der Waals surface area contributed by atoms with Gasteiger partial charge in [-0.25, -0.2) is 0 Å². The van der Waals surface area contributed by atoms with Gasteiger partial charge in [0.05, 0.1) is 16.6 Å². The van der Waals surface area contributed by atoms with Crippen LogP contribution in [0.3, 0.4) is 0 Å². The summed E-state index contributed by atoms with van der Waals surface area (Å²) in [5.41, 5.74) is 3.13. The standard InChI is InChI=1S/C22H19ClN2OS/c1-15(16-6-3-2-4-7-16)24-22(26)14-25-19-10-9-18(23)12-17(19)13-20(25)21-8-5-11-27-21/h2-13,15H,14H2,1H3,(H,24,26)/t15-/m0/s1. The summed E-state index contributed by atoms with van der Waals surface area (Å²) in [6.07, 6.45) is 0. The first-order valence-electron chi connectivity index (χ1n) is 8.79. The average Bonchev–Trinajstić information content (AvgIpc) is 3.30. The number of carbonyl (C=O) groups excluding carboxylic acids is 1. The number of fused-ring (bicyclic) bond motifs is 1. The van der Waals surface area contributed by atoms with Crippen molar-refractivity contribution < 1.29 is 4.79 Å². The normalized spacial score (nSPS) is 12.2. The van der Waals surface area contributed by atoms with Gasteiger partial charge in [-0.15, -0.1) is 11.3 Å². The van der Waals surface area contributed by atoms with Gasteiger partial charge in [0.15, 0.2) is 0 Å². The number of hydrogen-bond acceptors (Lipinski definition) is 2. The van der Waals surface area contributed by atoms with Crippen LogP contribution in [-0.2, 0) is 11.3 Å². The molecule has 3 nitrogen and oxygen atoms in total. The summed E-state index contributed by atoms with van der Waals surface area (Å²) < 4.78 is 2.06. The molecule has 27 heavy (non-hydrogen) atoms. The van der Waals surface area contributed by atoms with Crippen LogP contribution in [-0.4, -0.2) is 10.5 Å². The van der Waals surface area contributed by atoms with Crippen molar-refractivity contribution in [2.75, 3.05) is 0 Å². The van der Waals surface area contributed by atoms with E-state index in [0.29, 0.717) is 5.02 Å². The van der Waals surface area contributed by atoms with Crippen LogP contribution in [0.1, 0.15) is 18.5 Å². The third-order valence-electron chi connectivity index (χ3n) is 4.62. The number of rotatable bonds is 5. The average molecular weight is 395 g/mol. The maximum Gasteiger partial charge on any atom is 0.240 e. The Hall–Kier alpha value is -2.56. The molecule has 2 aromatic heterocycles. The van der Waals surface area contributed by atoms with E-state index in [9.17, 15) is 4.79 Å². The molecule has 2 aromatic carbocycles. The third-order valence-corrected chi connectivity index (χ3v) is 5.74. The van der Waals surface area contributed by atoms with Gasteiger partial charge in [0.1, 0.15) is 6.54 Å². The summed E-state index contributed by atoms with van der Waals surface area (Å²) in [6, 6.07) is 21.9. The van der Waals surface area contributed by atoms with E-state index in [-0.39, 0.29) is 18.5 Å². The van der Waals surface area contributed by atoms with Gasteiger partial charge in [0.2, 0.25) is 5.91 Å². The van der Waals surface area contributed by atoms with Gasteiger partial charge in [-0.05, 0) is 48.2 Å². The molecule has 0 fully saturated rings. The van der Waals surface area contributed by atoms with Crippen molar-refractivity contribution in [2.24, 2.45) is 0 Å². The Bertz CT molecular complexity index is 1070. The van der Waals surface area contributed by atoms with Gasteiger partial charge < -0.3 is 9.88 Å². The molecule has 0 aliphatic heterocycles. The molecule has 136 valence electrons. The van der Waals surface area contributed by atoms with Gasteiger partial charge in [0, 0.05) is 15.9 Å². The molecule has 0 saturated heterocycles. The first-order chi connectivity index (χ1) is 13.1.